The fraction of sp³-hybridized carbons (Fsp3) is 0.364. The summed E-state index contributed by atoms with van der Waals surface area (Å²) in [4.78, 5) is 0. The van der Waals surface area contributed by atoms with Gasteiger partial charge in [0.25, 0.3) is 0 Å². The average molecular weight is 237 g/mol. The van der Waals surface area contributed by atoms with Crippen LogP contribution in [0.15, 0.2) is 28.8 Å². The minimum Gasteiger partial charge on any atom is -0.464 e. The summed E-state index contributed by atoms with van der Waals surface area (Å²) in [5.41, 5.74) is 1.08. The molecular weight excluding hydrogens is 222 g/mol. The van der Waals surface area contributed by atoms with Gasteiger partial charge in [0, 0.05) is 18.4 Å². The van der Waals surface area contributed by atoms with Crippen LogP contribution in [0.5, 0.6) is 0 Å². The first-order chi connectivity index (χ1) is 7.88. The lowest BCUT2D eigenvalue weighted by Gasteiger charge is -1.99. The fourth-order valence-electron chi connectivity index (χ4n) is 1.44. The molecular formula is C11H15N3OS. The van der Waals surface area contributed by atoms with Crippen LogP contribution < -0.4 is 5.32 Å². The molecule has 0 aliphatic rings. The number of thioether (sulfide) groups is 1. The molecule has 4 nitrogen and oxygen atoms in total. The Morgan fingerprint density at radius 2 is 2.19 bits per heavy atom. The highest BCUT2D eigenvalue weighted by Gasteiger charge is 2.01. The van der Waals surface area contributed by atoms with Crippen LogP contribution in [0, 0.1) is 0 Å². The summed E-state index contributed by atoms with van der Waals surface area (Å²) in [5.74, 6) is 2.94. The van der Waals surface area contributed by atoms with Gasteiger partial charge in [-0.05, 0) is 24.5 Å². The van der Waals surface area contributed by atoms with E-state index in [2.05, 4.69) is 21.8 Å². The van der Waals surface area contributed by atoms with Gasteiger partial charge in [0.2, 0.25) is 0 Å². The van der Waals surface area contributed by atoms with E-state index in [-0.39, 0.29) is 0 Å². The molecule has 0 aromatic carbocycles. The lowest BCUT2D eigenvalue weighted by molar-refractivity contribution is 0.458. The number of hydrogen-bond acceptors (Lipinski definition) is 4. The van der Waals surface area contributed by atoms with Crippen LogP contribution in [0.1, 0.15) is 17.2 Å². The van der Waals surface area contributed by atoms with Crippen molar-refractivity contribution in [3.63, 3.8) is 0 Å². The molecule has 2 heterocycles. The van der Waals surface area contributed by atoms with Gasteiger partial charge in [-0.1, -0.05) is 0 Å². The highest BCUT2D eigenvalue weighted by Crippen LogP contribution is 2.13. The first-order valence-electron chi connectivity index (χ1n) is 5.14. The topological polar surface area (TPSA) is 53.9 Å². The van der Waals surface area contributed by atoms with Crippen molar-refractivity contribution in [2.45, 2.75) is 18.8 Å². The van der Waals surface area contributed by atoms with Crippen LogP contribution >= 0.6 is 11.8 Å². The maximum absolute atomic E-state index is 5.63. The molecule has 86 valence electrons. The summed E-state index contributed by atoms with van der Waals surface area (Å²) in [6.45, 7) is 1.52. The quantitative estimate of drug-likeness (QED) is 0.808. The van der Waals surface area contributed by atoms with Crippen molar-refractivity contribution in [3.05, 3.63) is 41.6 Å². The van der Waals surface area contributed by atoms with Crippen molar-refractivity contribution in [2.24, 2.45) is 0 Å². The van der Waals surface area contributed by atoms with Crippen molar-refractivity contribution >= 4 is 11.8 Å². The summed E-state index contributed by atoms with van der Waals surface area (Å²) in [6, 6.07) is 6.00. The van der Waals surface area contributed by atoms with Crippen molar-refractivity contribution < 1.29 is 4.42 Å². The molecule has 2 N–H and O–H groups in total. The Kier molecular flexibility index (Phi) is 4.07. The predicted molar refractivity (Wildman–Crippen MR) is 65.1 cm³/mol. The van der Waals surface area contributed by atoms with Crippen LogP contribution in [0.2, 0.25) is 0 Å². The van der Waals surface area contributed by atoms with Gasteiger partial charge < -0.3 is 9.73 Å². The molecule has 0 saturated carbocycles. The third-order valence-electron chi connectivity index (χ3n) is 2.18. The van der Waals surface area contributed by atoms with Gasteiger partial charge in [-0.3, -0.25) is 5.10 Å². The van der Waals surface area contributed by atoms with Crippen molar-refractivity contribution in [3.8, 4) is 0 Å². The third kappa shape index (κ3) is 3.15. The Balaban J connectivity index is 1.76. The van der Waals surface area contributed by atoms with Crippen LogP contribution in [0.4, 0.5) is 0 Å². The van der Waals surface area contributed by atoms with Crippen LogP contribution in [-0.2, 0) is 18.8 Å². The van der Waals surface area contributed by atoms with E-state index in [4.69, 9.17) is 4.42 Å². The number of aromatic amines is 1. The van der Waals surface area contributed by atoms with Gasteiger partial charge in [0.05, 0.1) is 12.3 Å². The van der Waals surface area contributed by atoms with Gasteiger partial charge in [0.1, 0.15) is 11.5 Å². The summed E-state index contributed by atoms with van der Waals surface area (Å²) in [5, 5.41) is 10.1. The van der Waals surface area contributed by atoms with Crippen molar-refractivity contribution in [2.75, 3.05) is 6.26 Å². The molecule has 5 heteroatoms. The van der Waals surface area contributed by atoms with Gasteiger partial charge in [-0.2, -0.15) is 16.9 Å². The Morgan fingerprint density at radius 1 is 1.31 bits per heavy atom. The Morgan fingerprint density at radius 3 is 2.94 bits per heavy atom. The molecule has 0 saturated heterocycles. The Bertz CT molecular complexity index is 411. The van der Waals surface area contributed by atoms with Gasteiger partial charge in [-0.15, -0.1) is 0 Å². The number of rotatable bonds is 6. The first kappa shape index (κ1) is 11.3. The number of nitrogens with one attached hydrogen (secondary N) is 2. The fourth-order valence-corrected chi connectivity index (χ4v) is 1.88. The van der Waals surface area contributed by atoms with E-state index in [9.17, 15) is 0 Å². The molecule has 16 heavy (non-hydrogen) atoms. The summed E-state index contributed by atoms with van der Waals surface area (Å²) >= 11 is 1.76. The lowest BCUT2D eigenvalue weighted by atomic mass is 10.4. The Hall–Kier alpha value is -1.20. The molecule has 0 aliphatic carbocycles. The highest BCUT2D eigenvalue weighted by atomic mass is 32.2. The van der Waals surface area contributed by atoms with Crippen LogP contribution in [-0.4, -0.2) is 16.5 Å². The number of hydrogen-bond donors (Lipinski definition) is 2. The standard InChI is InChI=1S/C11H15N3OS/c1-16-8-11-3-2-10(15-11)7-12-6-9-4-5-13-14-9/h2-5,12H,6-8H2,1H3,(H,13,14). The number of H-pyrrole nitrogens is 1. The minimum absolute atomic E-state index is 0.743. The molecule has 0 unspecified atom stereocenters. The second kappa shape index (κ2) is 5.77. The van der Waals surface area contributed by atoms with Crippen LogP contribution in [0.3, 0.4) is 0 Å². The number of aromatic nitrogens is 2. The van der Waals surface area contributed by atoms with Gasteiger partial charge >= 0.3 is 0 Å². The SMILES string of the molecule is CSCc1ccc(CNCc2ccn[nH]2)o1. The maximum atomic E-state index is 5.63. The lowest BCUT2D eigenvalue weighted by Crippen LogP contribution is -2.12. The maximum Gasteiger partial charge on any atom is 0.118 e. The molecule has 0 atom stereocenters. The highest BCUT2D eigenvalue weighted by molar-refractivity contribution is 7.97. The molecule has 0 aliphatic heterocycles. The molecule has 0 amide bonds. The molecule has 2 rings (SSSR count). The van der Waals surface area contributed by atoms with Gasteiger partial charge in [0.15, 0.2) is 0 Å². The molecule has 2 aromatic heterocycles. The second-order valence-electron chi connectivity index (χ2n) is 3.49. The Labute approximate surface area is 98.8 Å². The number of furan rings is 1. The van der Waals surface area contributed by atoms with Crippen molar-refractivity contribution in [1.82, 2.24) is 15.5 Å². The van der Waals surface area contributed by atoms with E-state index in [1.165, 1.54) is 0 Å². The van der Waals surface area contributed by atoms with E-state index < -0.39 is 0 Å². The minimum atomic E-state index is 0.743. The molecule has 2 aromatic rings. The van der Waals surface area contributed by atoms with Crippen molar-refractivity contribution in [1.29, 1.82) is 0 Å². The molecule has 0 radical (unpaired) electrons. The average Bonchev–Trinajstić information content (AvgIpc) is 2.90. The summed E-state index contributed by atoms with van der Waals surface area (Å²) in [6.07, 6.45) is 3.82. The second-order valence-corrected chi connectivity index (χ2v) is 4.35. The summed E-state index contributed by atoms with van der Waals surface area (Å²) in [7, 11) is 0. The first-order valence-corrected chi connectivity index (χ1v) is 6.53. The molecule has 0 fully saturated rings. The number of nitrogens with zero attached hydrogens (tertiary/aromatic N) is 1. The molecule has 0 spiro atoms. The van der Waals surface area contributed by atoms with E-state index in [0.717, 1.165) is 36.1 Å². The largest absolute Gasteiger partial charge is 0.464 e. The predicted octanol–water partition coefficient (Wildman–Crippen LogP) is 2.16. The zero-order valence-corrected chi connectivity index (χ0v) is 10.0. The smallest absolute Gasteiger partial charge is 0.118 e. The van der Waals surface area contributed by atoms with E-state index in [1.807, 2.05) is 18.2 Å². The van der Waals surface area contributed by atoms with E-state index in [1.54, 1.807) is 18.0 Å². The van der Waals surface area contributed by atoms with Gasteiger partial charge in [-0.25, -0.2) is 0 Å². The normalized spacial score (nSPS) is 10.8. The van der Waals surface area contributed by atoms with Crippen LogP contribution in [0.25, 0.3) is 0 Å². The third-order valence-corrected chi connectivity index (χ3v) is 2.75. The van der Waals surface area contributed by atoms with E-state index in [0.29, 0.717) is 0 Å². The zero-order valence-electron chi connectivity index (χ0n) is 9.19. The monoisotopic (exact) mass is 237 g/mol. The van der Waals surface area contributed by atoms with E-state index >= 15 is 0 Å². The zero-order chi connectivity index (χ0) is 11.2. The molecule has 0 bridgehead atoms. The summed E-state index contributed by atoms with van der Waals surface area (Å²) < 4.78 is 5.63.